The standard InChI is InChI=1S/C16H14Cl2N2O3/c1-23-16(22)10-5-6-13(18)14(7-10)19-9-15(21)20-12-4-2-3-11(17)8-12/h2-8,19H,9H2,1H3,(H,20,21). The molecule has 0 bridgehead atoms. The predicted molar refractivity (Wildman–Crippen MR) is 91.4 cm³/mol. The summed E-state index contributed by atoms with van der Waals surface area (Å²) in [6.07, 6.45) is 0. The first kappa shape index (κ1) is 17.1. The van der Waals surface area contributed by atoms with Crippen molar-refractivity contribution in [3.63, 3.8) is 0 Å². The van der Waals surface area contributed by atoms with Crippen molar-refractivity contribution >= 4 is 46.5 Å². The molecular weight excluding hydrogens is 339 g/mol. The van der Waals surface area contributed by atoms with E-state index < -0.39 is 5.97 Å². The highest BCUT2D eigenvalue weighted by Gasteiger charge is 2.10. The van der Waals surface area contributed by atoms with Crippen LogP contribution in [-0.2, 0) is 9.53 Å². The SMILES string of the molecule is COC(=O)c1ccc(Cl)c(NCC(=O)Nc2cccc(Cl)c2)c1. The van der Waals surface area contributed by atoms with Gasteiger partial charge in [0.2, 0.25) is 5.91 Å². The molecule has 1 amide bonds. The van der Waals surface area contributed by atoms with E-state index in [1.54, 1.807) is 36.4 Å². The molecule has 5 nitrogen and oxygen atoms in total. The van der Waals surface area contributed by atoms with Gasteiger partial charge >= 0.3 is 5.97 Å². The van der Waals surface area contributed by atoms with Crippen LogP contribution < -0.4 is 10.6 Å². The minimum atomic E-state index is -0.479. The highest BCUT2D eigenvalue weighted by molar-refractivity contribution is 6.33. The summed E-state index contributed by atoms with van der Waals surface area (Å²) < 4.78 is 4.65. The second-order valence-corrected chi connectivity index (χ2v) is 5.44. The van der Waals surface area contributed by atoms with Gasteiger partial charge in [0.15, 0.2) is 0 Å². The van der Waals surface area contributed by atoms with Gasteiger partial charge in [-0.3, -0.25) is 4.79 Å². The number of anilines is 2. The molecule has 0 aliphatic carbocycles. The van der Waals surface area contributed by atoms with Crippen molar-refractivity contribution in [3.8, 4) is 0 Å². The number of carbonyl (C=O) groups excluding carboxylic acids is 2. The molecule has 2 N–H and O–H groups in total. The van der Waals surface area contributed by atoms with Crippen LogP contribution in [0.1, 0.15) is 10.4 Å². The van der Waals surface area contributed by atoms with Crippen molar-refractivity contribution in [2.45, 2.75) is 0 Å². The Labute approximate surface area is 143 Å². The zero-order chi connectivity index (χ0) is 16.8. The molecule has 0 saturated carbocycles. The van der Waals surface area contributed by atoms with E-state index in [4.69, 9.17) is 23.2 Å². The third-order valence-corrected chi connectivity index (χ3v) is 3.50. The molecule has 0 aromatic heterocycles. The molecule has 7 heteroatoms. The van der Waals surface area contributed by atoms with Crippen LogP contribution in [0.25, 0.3) is 0 Å². The number of hydrogen-bond acceptors (Lipinski definition) is 4. The Bertz CT molecular complexity index is 735. The van der Waals surface area contributed by atoms with Gasteiger partial charge in [0.1, 0.15) is 0 Å². The zero-order valence-corrected chi connectivity index (χ0v) is 13.7. The van der Waals surface area contributed by atoms with Gasteiger partial charge in [-0.2, -0.15) is 0 Å². The maximum Gasteiger partial charge on any atom is 0.337 e. The number of hydrogen-bond donors (Lipinski definition) is 2. The fourth-order valence-corrected chi connectivity index (χ4v) is 2.23. The Hall–Kier alpha value is -2.24. The summed E-state index contributed by atoms with van der Waals surface area (Å²) in [7, 11) is 1.29. The topological polar surface area (TPSA) is 67.4 Å². The third-order valence-electron chi connectivity index (χ3n) is 2.94. The molecule has 2 rings (SSSR count). The largest absolute Gasteiger partial charge is 0.465 e. The van der Waals surface area contributed by atoms with Gasteiger partial charge in [-0.1, -0.05) is 29.3 Å². The molecule has 0 radical (unpaired) electrons. The van der Waals surface area contributed by atoms with Gasteiger partial charge < -0.3 is 15.4 Å². The minimum absolute atomic E-state index is 0.0170. The number of benzene rings is 2. The Morgan fingerprint density at radius 3 is 2.61 bits per heavy atom. The van der Waals surface area contributed by atoms with Crippen molar-refractivity contribution < 1.29 is 14.3 Å². The molecule has 120 valence electrons. The van der Waals surface area contributed by atoms with Crippen LogP contribution in [0.4, 0.5) is 11.4 Å². The summed E-state index contributed by atoms with van der Waals surface area (Å²) in [6.45, 7) is -0.0170. The molecular formula is C16H14Cl2N2O3. The predicted octanol–water partition coefficient (Wildman–Crippen LogP) is 3.83. The van der Waals surface area contributed by atoms with Gasteiger partial charge in [0.25, 0.3) is 0 Å². The first-order valence-corrected chi connectivity index (χ1v) is 7.42. The summed E-state index contributed by atoms with van der Waals surface area (Å²) in [6, 6.07) is 11.5. The smallest absolute Gasteiger partial charge is 0.337 e. The molecule has 0 unspecified atom stereocenters. The lowest BCUT2D eigenvalue weighted by Crippen LogP contribution is -2.22. The summed E-state index contributed by atoms with van der Waals surface area (Å²) in [5, 5.41) is 6.51. The normalized spacial score (nSPS) is 10.0. The Kier molecular flexibility index (Phi) is 5.84. The van der Waals surface area contributed by atoms with E-state index in [0.717, 1.165) is 0 Å². The van der Waals surface area contributed by atoms with E-state index in [-0.39, 0.29) is 12.5 Å². The van der Waals surface area contributed by atoms with Crippen molar-refractivity contribution in [2.24, 2.45) is 0 Å². The Morgan fingerprint density at radius 2 is 1.91 bits per heavy atom. The van der Waals surface area contributed by atoms with E-state index in [0.29, 0.717) is 27.0 Å². The number of esters is 1. The zero-order valence-electron chi connectivity index (χ0n) is 12.2. The van der Waals surface area contributed by atoms with Gasteiger partial charge in [-0.25, -0.2) is 4.79 Å². The average Bonchev–Trinajstić information content (AvgIpc) is 2.53. The molecule has 0 fully saturated rings. The fraction of sp³-hybridized carbons (Fsp3) is 0.125. The van der Waals surface area contributed by atoms with Gasteiger partial charge in [0, 0.05) is 10.7 Å². The quantitative estimate of drug-likeness (QED) is 0.802. The summed E-state index contributed by atoms with van der Waals surface area (Å²) >= 11 is 11.9. The fourth-order valence-electron chi connectivity index (χ4n) is 1.85. The number of nitrogens with one attached hydrogen (secondary N) is 2. The Morgan fingerprint density at radius 1 is 1.13 bits per heavy atom. The molecule has 0 spiro atoms. The molecule has 0 atom stereocenters. The molecule has 0 saturated heterocycles. The molecule has 2 aromatic carbocycles. The summed E-state index contributed by atoms with van der Waals surface area (Å²) in [5.74, 6) is -0.750. The van der Waals surface area contributed by atoms with Crippen LogP contribution in [0.3, 0.4) is 0 Å². The van der Waals surface area contributed by atoms with Crippen molar-refractivity contribution in [1.82, 2.24) is 0 Å². The lowest BCUT2D eigenvalue weighted by Gasteiger charge is -2.10. The van der Waals surface area contributed by atoms with Crippen LogP contribution >= 0.6 is 23.2 Å². The van der Waals surface area contributed by atoms with E-state index in [9.17, 15) is 9.59 Å². The van der Waals surface area contributed by atoms with Gasteiger partial charge in [-0.15, -0.1) is 0 Å². The van der Waals surface area contributed by atoms with Crippen LogP contribution in [0.5, 0.6) is 0 Å². The monoisotopic (exact) mass is 352 g/mol. The van der Waals surface area contributed by atoms with E-state index >= 15 is 0 Å². The number of halogens is 2. The molecule has 0 heterocycles. The van der Waals surface area contributed by atoms with Crippen molar-refractivity contribution in [2.75, 3.05) is 24.3 Å². The van der Waals surface area contributed by atoms with E-state index in [1.165, 1.54) is 13.2 Å². The highest BCUT2D eigenvalue weighted by atomic mass is 35.5. The lowest BCUT2D eigenvalue weighted by molar-refractivity contribution is -0.114. The van der Waals surface area contributed by atoms with Crippen LogP contribution in [0.2, 0.25) is 10.0 Å². The highest BCUT2D eigenvalue weighted by Crippen LogP contribution is 2.23. The molecule has 0 aliphatic rings. The maximum absolute atomic E-state index is 11.9. The second kappa shape index (κ2) is 7.85. The van der Waals surface area contributed by atoms with Crippen LogP contribution in [0, 0.1) is 0 Å². The first-order chi connectivity index (χ1) is 11.0. The lowest BCUT2D eigenvalue weighted by atomic mass is 10.2. The summed E-state index contributed by atoms with van der Waals surface area (Å²) in [5.41, 5.74) is 1.41. The number of amides is 1. The number of rotatable bonds is 5. The van der Waals surface area contributed by atoms with Gasteiger partial charge in [-0.05, 0) is 36.4 Å². The second-order valence-electron chi connectivity index (χ2n) is 4.60. The van der Waals surface area contributed by atoms with E-state index in [1.807, 2.05) is 0 Å². The molecule has 2 aromatic rings. The number of ether oxygens (including phenoxy) is 1. The molecule has 23 heavy (non-hydrogen) atoms. The van der Waals surface area contributed by atoms with Crippen molar-refractivity contribution in [3.05, 3.63) is 58.1 Å². The minimum Gasteiger partial charge on any atom is -0.465 e. The average molecular weight is 353 g/mol. The van der Waals surface area contributed by atoms with Gasteiger partial charge in [0.05, 0.1) is 29.9 Å². The Balaban J connectivity index is 2.00. The van der Waals surface area contributed by atoms with Crippen molar-refractivity contribution in [1.29, 1.82) is 0 Å². The number of carbonyl (C=O) groups is 2. The summed E-state index contributed by atoms with van der Waals surface area (Å²) in [4.78, 5) is 23.4. The van der Waals surface area contributed by atoms with Crippen LogP contribution in [-0.4, -0.2) is 25.5 Å². The van der Waals surface area contributed by atoms with E-state index in [2.05, 4.69) is 15.4 Å². The third kappa shape index (κ3) is 4.87. The maximum atomic E-state index is 11.9. The van der Waals surface area contributed by atoms with Crippen LogP contribution in [0.15, 0.2) is 42.5 Å². The first-order valence-electron chi connectivity index (χ1n) is 6.67. The molecule has 0 aliphatic heterocycles. The number of methoxy groups -OCH3 is 1.